The van der Waals surface area contributed by atoms with Crippen LogP contribution in [-0.4, -0.2) is 37.7 Å². The lowest BCUT2D eigenvalue weighted by Crippen LogP contribution is -2.26. The molecule has 0 rings (SSSR count). The van der Waals surface area contributed by atoms with Gasteiger partial charge in [0.05, 0.1) is 19.1 Å². The van der Waals surface area contributed by atoms with Gasteiger partial charge in [0.2, 0.25) is 0 Å². The first-order chi connectivity index (χ1) is 11.0. The molecule has 0 aliphatic rings. The predicted molar refractivity (Wildman–Crippen MR) is 89.3 cm³/mol. The fourth-order valence-corrected chi connectivity index (χ4v) is 2.17. The maximum atomic E-state index is 11.9. The fourth-order valence-electron chi connectivity index (χ4n) is 2.17. The molecule has 0 radical (unpaired) electrons. The lowest BCUT2D eigenvalue weighted by atomic mass is 9.86. The van der Waals surface area contributed by atoms with Crippen molar-refractivity contribution in [2.45, 2.75) is 66.2 Å². The summed E-state index contributed by atoms with van der Waals surface area (Å²) < 4.78 is 9.44. The normalized spacial score (nSPS) is 11.7. The average molecular weight is 342 g/mol. The number of ketones is 2. The molecule has 0 spiro atoms. The van der Waals surface area contributed by atoms with Gasteiger partial charge >= 0.3 is 5.97 Å². The first-order valence-corrected chi connectivity index (χ1v) is 8.21. The van der Waals surface area contributed by atoms with E-state index in [0.717, 1.165) is 0 Å². The molecule has 0 saturated carbocycles. The molecule has 6 nitrogen and oxygen atoms in total. The second-order valence-electron chi connectivity index (χ2n) is 7.52. The van der Waals surface area contributed by atoms with Crippen LogP contribution in [0.5, 0.6) is 0 Å². The van der Waals surface area contributed by atoms with Crippen LogP contribution in [0.25, 0.3) is 0 Å². The summed E-state index contributed by atoms with van der Waals surface area (Å²) in [4.78, 5) is 45.5. The van der Waals surface area contributed by atoms with E-state index in [1.54, 1.807) is 13.8 Å². The molecular weight excluding hydrogens is 312 g/mol. The van der Waals surface area contributed by atoms with Crippen LogP contribution < -0.4 is 0 Å². The molecule has 0 unspecified atom stereocenters. The van der Waals surface area contributed by atoms with E-state index in [9.17, 15) is 19.2 Å². The van der Waals surface area contributed by atoms with Gasteiger partial charge in [-0.25, -0.2) is 0 Å². The molecule has 0 aliphatic carbocycles. The van der Waals surface area contributed by atoms with Crippen molar-refractivity contribution >= 4 is 24.0 Å². The SMILES string of the molecule is COC(=O)C(C)(C)CCC(=O)CCC(=O)CCC(C)(C)COC=O. The molecule has 0 aliphatic heterocycles. The summed E-state index contributed by atoms with van der Waals surface area (Å²) in [5, 5.41) is 0. The first-order valence-electron chi connectivity index (χ1n) is 8.21. The molecule has 24 heavy (non-hydrogen) atoms. The summed E-state index contributed by atoms with van der Waals surface area (Å²) in [7, 11) is 1.33. The molecule has 6 heteroatoms. The highest BCUT2D eigenvalue weighted by Gasteiger charge is 2.29. The Hall–Kier alpha value is -1.72. The van der Waals surface area contributed by atoms with Gasteiger partial charge in [-0.2, -0.15) is 0 Å². The number of hydrogen-bond acceptors (Lipinski definition) is 6. The largest absolute Gasteiger partial charge is 0.469 e. The van der Waals surface area contributed by atoms with Crippen molar-refractivity contribution in [3.05, 3.63) is 0 Å². The van der Waals surface area contributed by atoms with Crippen molar-refractivity contribution in [2.75, 3.05) is 13.7 Å². The maximum Gasteiger partial charge on any atom is 0.311 e. The Morgan fingerprint density at radius 2 is 1.38 bits per heavy atom. The minimum atomic E-state index is -0.697. The van der Waals surface area contributed by atoms with Crippen LogP contribution in [0.4, 0.5) is 0 Å². The van der Waals surface area contributed by atoms with Crippen molar-refractivity contribution in [1.29, 1.82) is 0 Å². The van der Waals surface area contributed by atoms with Gasteiger partial charge in [-0.1, -0.05) is 13.8 Å². The number of ether oxygens (including phenoxy) is 2. The third kappa shape index (κ3) is 9.43. The van der Waals surface area contributed by atoms with Crippen LogP contribution in [0, 0.1) is 10.8 Å². The van der Waals surface area contributed by atoms with Crippen LogP contribution in [-0.2, 0) is 28.7 Å². The number of carbonyl (C=O) groups is 4. The summed E-state index contributed by atoms with van der Waals surface area (Å²) >= 11 is 0. The lowest BCUT2D eigenvalue weighted by Gasteiger charge is -2.22. The van der Waals surface area contributed by atoms with E-state index in [4.69, 9.17) is 9.47 Å². The fraction of sp³-hybridized carbons (Fsp3) is 0.778. The second-order valence-corrected chi connectivity index (χ2v) is 7.52. The Balaban J connectivity index is 4.08. The molecule has 0 fully saturated rings. The van der Waals surface area contributed by atoms with Crippen LogP contribution in [0.2, 0.25) is 0 Å². The Morgan fingerprint density at radius 3 is 1.83 bits per heavy atom. The van der Waals surface area contributed by atoms with Gasteiger partial charge in [-0.15, -0.1) is 0 Å². The van der Waals surface area contributed by atoms with Crippen LogP contribution >= 0.6 is 0 Å². The molecule has 0 aromatic heterocycles. The summed E-state index contributed by atoms with van der Waals surface area (Å²) in [6.45, 7) is 7.98. The highest BCUT2D eigenvalue weighted by Crippen LogP contribution is 2.25. The van der Waals surface area contributed by atoms with Crippen LogP contribution in [0.3, 0.4) is 0 Å². The van der Waals surface area contributed by atoms with Gasteiger partial charge in [-0.3, -0.25) is 19.2 Å². The van der Waals surface area contributed by atoms with E-state index >= 15 is 0 Å². The molecule has 0 aromatic carbocycles. The van der Waals surface area contributed by atoms with Crippen LogP contribution in [0.1, 0.15) is 66.2 Å². The minimum Gasteiger partial charge on any atom is -0.469 e. The topological polar surface area (TPSA) is 86.7 Å². The molecule has 0 atom stereocenters. The van der Waals surface area contributed by atoms with Crippen molar-refractivity contribution in [3.63, 3.8) is 0 Å². The Labute approximate surface area is 144 Å². The summed E-state index contributed by atoms with van der Waals surface area (Å²) in [6, 6.07) is 0. The molecule has 138 valence electrons. The number of methoxy groups -OCH3 is 1. The monoisotopic (exact) mass is 342 g/mol. The number of hydrogen-bond donors (Lipinski definition) is 0. The summed E-state index contributed by atoms with van der Waals surface area (Å²) in [5.41, 5.74) is -0.956. The molecular formula is C18H30O6. The molecule has 0 heterocycles. The van der Waals surface area contributed by atoms with Gasteiger partial charge in [0.25, 0.3) is 6.47 Å². The zero-order valence-corrected chi connectivity index (χ0v) is 15.5. The van der Waals surface area contributed by atoms with Crippen molar-refractivity contribution < 1.29 is 28.7 Å². The Kier molecular flexibility index (Phi) is 9.48. The predicted octanol–water partition coefficient (Wildman–Crippen LogP) is 2.86. The first kappa shape index (κ1) is 22.3. The van der Waals surface area contributed by atoms with Gasteiger partial charge in [0, 0.05) is 25.7 Å². The number of esters is 1. The van der Waals surface area contributed by atoms with Crippen LogP contribution in [0.15, 0.2) is 0 Å². The van der Waals surface area contributed by atoms with Crippen molar-refractivity contribution in [2.24, 2.45) is 10.8 Å². The number of carbonyl (C=O) groups excluding carboxylic acids is 4. The molecule has 0 amide bonds. The van der Waals surface area contributed by atoms with Gasteiger partial charge < -0.3 is 9.47 Å². The van der Waals surface area contributed by atoms with Gasteiger partial charge in [0.1, 0.15) is 11.6 Å². The third-order valence-corrected chi connectivity index (χ3v) is 4.07. The highest BCUT2D eigenvalue weighted by molar-refractivity contribution is 5.86. The molecule has 0 saturated heterocycles. The van der Waals surface area contributed by atoms with E-state index in [1.165, 1.54) is 7.11 Å². The molecule has 0 N–H and O–H groups in total. The minimum absolute atomic E-state index is 0.0229. The third-order valence-electron chi connectivity index (χ3n) is 4.07. The number of Topliss-reactive ketones (excluding diaryl/α,β-unsaturated/α-hetero) is 2. The Bertz CT molecular complexity index is 450. The van der Waals surface area contributed by atoms with Gasteiger partial charge in [-0.05, 0) is 32.1 Å². The second kappa shape index (κ2) is 10.2. The zero-order chi connectivity index (χ0) is 18.8. The Morgan fingerprint density at radius 1 is 0.875 bits per heavy atom. The van der Waals surface area contributed by atoms with E-state index < -0.39 is 5.41 Å². The van der Waals surface area contributed by atoms with E-state index in [0.29, 0.717) is 25.7 Å². The number of rotatable bonds is 13. The smallest absolute Gasteiger partial charge is 0.311 e. The van der Waals surface area contributed by atoms with Crippen molar-refractivity contribution in [3.8, 4) is 0 Å². The summed E-state index contributed by atoms with van der Waals surface area (Å²) in [5.74, 6) is -0.343. The molecule has 0 bridgehead atoms. The molecule has 0 aromatic rings. The van der Waals surface area contributed by atoms with E-state index in [-0.39, 0.29) is 48.8 Å². The lowest BCUT2D eigenvalue weighted by molar-refractivity contribution is -0.151. The maximum absolute atomic E-state index is 11.9. The van der Waals surface area contributed by atoms with Crippen molar-refractivity contribution in [1.82, 2.24) is 0 Å². The summed E-state index contributed by atoms with van der Waals surface area (Å²) in [6.07, 6.45) is 2.03. The standard InChI is InChI=1S/C18H30O6/c1-17(2,12-24-13-19)10-8-14(20)6-7-15(21)9-11-18(3,4)16(22)23-5/h13H,6-12H2,1-5H3. The van der Waals surface area contributed by atoms with E-state index in [1.807, 2.05) is 13.8 Å². The van der Waals surface area contributed by atoms with E-state index in [2.05, 4.69) is 0 Å². The quantitative estimate of drug-likeness (QED) is 0.378. The highest BCUT2D eigenvalue weighted by atomic mass is 16.5. The zero-order valence-electron chi connectivity index (χ0n) is 15.5. The van der Waals surface area contributed by atoms with Gasteiger partial charge in [0.15, 0.2) is 0 Å². The average Bonchev–Trinajstić information content (AvgIpc) is 2.53.